The van der Waals surface area contributed by atoms with Gasteiger partial charge in [0.2, 0.25) is 0 Å². The van der Waals surface area contributed by atoms with Gasteiger partial charge in [0.1, 0.15) is 5.69 Å². The number of nitrogens with one attached hydrogen (secondary N) is 1. The molecule has 0 radical (unpaired) electrons. The average molecular weight is 264 g/mol. The summed E-state index contributed by atoms with van der Waals surface area (Å²) >= 11 is 9.18. The zero-order valence-electron chi connectivity index (χ0n) is 7.19. The quantitative estimate of drug-likeness (QED) is 0.823. The number of nitroso groups, excluding NO2 is 1. The van der Waals surface area contributed by atoms with Gasteiger partial charge in [0.15, 0.2) is 0 Å². The second kappa shape index (κ2) is 4.07. The maximum absolute atomic E-state index is 10.5. The first-order valence-electron chi connectivity index (χ1n) is 3.61. The van der Waals surface area contributed by atoms with Crippen molar-refractivity contribution < 1.29 is 0 Å². The Hall–Kier alpha value is -0.610. The summed E-state index contributed by atoms with van der Waals surface area (Å²) in [5.74, 6) is 0. The zero-order chi connectivity index (χ0) is 10.0. The van der Waals surface area contributed by atoms with Crippen LogP contribution in [0, 0.1) is 11.8 Å². The van der Waals surface area contributed by atoms with Crippen LogP contribution < -0.4 is 5.32 Å². The van der Waals surface area contributed by atoms with E-state index in [-0.39, 0.29) is 0 Å². The Morgan fingerprint density at radius 3 is 2.69 bits per heavy atom. The summed E-state index contributed by atoms with van der Waals surface area (Å²) in [7, 11) is 1.70. The van der Waals surface area contributed by atoms with Crippen molar-refractivity contribution in [1.29, 1.82) is 0 Å². The molecule has 0 bridgehead atoms. The third-order valence-electron chi connectivity index (χ3n) is 1.78. The second-order valence-corrected chi connectivity index (χ2v) is 3.79. The Kier molecular flexibility index (Phi) is 3.27. The van der Waals surface area contributed by atoms with Crippen LogP contribution in [0.5, 0.6) is 0 Å². The molecule has 1 N–H and O–H groups in total. The van der Waals surface area contributed by atoms with Crippen molar-refractivity contribution in [1.82, 2.24) is 0 Å². The first kappa shape index (κ1) is 10.5. The molecule has 0 heterocycles. The SMILES string of the molecule is CNc1c(Cl)cc(Br)c(C)c1N=O. The highest BCUT2D eigenvalue weighted by Gasteiger charge is 2.12. The number of rotatable bonds is 2. The first-order valence-corrected chi connectivity index (χ1v) is 4.78. The van der Waals surface area contributed by atoms with Gasteiger partial charge in [0, 0.05) is 11.5 Å². The minimum Gasteiger partial charge on any atom is -0.385 e. The molecule has 1 aromatic carbocycles. The molecule has 1 rings (SSSR count). The predicted molar refractivity (Wildman–Crippen MR) is 58.9 cm³/mol. The number of hydrogen-bond acceptors (Lipinski definition) is 3. The molecule has 0 atom stereocenters. The summed E-state index contributed by atoms with van der Waals surface area (Å²) in [6, 6.07) is 1.73. The maximum Gasteiger partial charge on any atom is 0.136 e. The topological polar surface area (TPSA) is 41.5 Å². The fourth-order valence-electron chi connectivity index (χ4n) is 1.06. The molecule has 0 spiro atoms. The molecule has 0 amide bonds. The van der Waals surface area contributed by atoms with E-state index < -0.39 is 0 Å². The number of halogens is 2. The lowest BCUT2D eigenvalue weighted by Crippen LogP contribution is -1.92. The average Bonchev–Trinajstić information content (AvgIpc) is 2.10. The molecule has 0 fully saturated rings. The van der Waals surface area contributed by atoms with Crippen molar-refractivity contribution in [2.75, 3.05) is 12.4 Å². The van der Waals surface area contributed by atoms with Crippen LogP contribution in [0.3, 0.4) is 0 Å². The molecule has 0 aliphatic carbocycles. The van der Waals surface area contributed by atoms with Gasteiger partial charge in [-0.3, -0.25) is 0 Å². The van der Waals surface area contributed by atoms with Crippen molar-refractivity contribution in [3.63, 3.8) is 0 Å². The third-order valence-corrected chi connectivity index (χ3v) is 2.91. The first-order chi connectivity index (χ1) is 6.11. The summed E-state index contributed by atoms with van der Waals surface area (Å²) in [4.78, 5) is 10.5. The summed E-state index contributed by atoms with van der Waals surface area (Å²) in [6.07, 6.45) is 0. The zero-order valence-corrected chi connectivity index (χ0v) is 9.53. The Morgan fingerprint density at radius 2 is 2.23 bits per heavy atom. The highest BCUT2D eigenvalue weighted by Crippen LogP contribution is 2.39. The standard InChI is InChI=1S/C8H8BrClN2O/c1-4-5(9)3-6(10)8(11-2)7(4)12-13/h3,11H,1-2H3. The van der Waals surface area contributed by atoms with Gasteiger partial charge in [0.05, 0.1) is 10.7 Å². The number of nitrogens with zero attached hydrogens (tertiary/aromatic N) is 1. The van der Waals surface area contributed by atoms with E-state index in [1.807, 2.05) is 0 Å². The molecular formula is C8H8BrClN2O. The maximum atomic E-state index is 10.5. The number of anilines is 1. The van der Waals surface area contributed by atoms with Crippen molar-refractivity contribution in [2.24, 2.45) is 5.18 Å². The van der Waals surface area contributed by atoms with Crippen molar-refractivity contribution >= 4 is 38.9 Å². The van der Waals surface area contributed by atoms with Crippen LogP contribution in [0.1, 0.15) is 5.56 Å². The van der Waals surface area contributed by atoms with Crippen LogP contribution in [0.2, 0.25) is 5.02 Å². The van der Waals surface area contributed by atoms with Gasteiger partial charge < -0.3 is 5.32 Å². The van der Waals surface area contributed by atoms with Crippen LogP contribution in [-0.4, -0.2) is 7.05 Å². The van der Waals surface area contributed by atoms with Crippen LogP contribution >= 0.6 is 27.5 Å². The highest BCUT2D eigenvalue weighted by molar-refractivity contribution is 9.10. The van der Waals surface area contributed by atoms with E-state index in [1.165, 1.54) is 0 Å². The van der Waals surface area contributed by atoms with Crippen molar-refractivity contribution in [2.45, 2.75) is 6.92 Å². The van der Waals surface area contributed by atoms with E-state index in [0.29, 0.717) is 16.4 Å². The molecule has 70 valence electrons. The summed E-state index contributed by atoms with van der Waals surface area (Å²) < 4.78 is 0.783. The van der Waals surface area contributed by atoms with Gasteiger partial charge in [-0.1, -0.05) is 27.5 Å². The van der Waals surface area contributed by atoms with E-state index in [9.17, 15) is 4.91 Å². The Bertz CT molecular complexity index is 354. The van der Waals surface area contributed by atoms with Crippen LogP contribution in [0.15, 0.2) is 15.7 Å². The van der Waals surface area contributed by atoms with Gasteiger partial charge in [-0.15, -0.1) is 4.91 Å². The Labute approximate surface area is 89.6 Å². The highest BCUT2D eigenvalue weighted by atomic mass is 79.9. The minimum atomic E-state index is 0.349. The van der Waals surface area contributed by atoms with Gasteiger partial charge >= 0.3 is 0 Å². The monoisotopic (exact) mass is 262 g/mol. The fourth-order valence-corrected chi connectivity index (χ4v) is 1.90. The van der Waals surface area contributed by atoms with Crippen molar-refractivity contribution in [3.05, 3.63) is 26.0 Å². The largest absolute Gasteiger partial charge is 0.385 e. The lowest BCUT2D eigenvalue weighted by Gasteiger charge is -2.09. The summed E-state index contributed by atoms with van der Waals surface area (Å²) in [5.41, 5.74) is 1.70. The molecule has 1 aromatic rings. The summed E-state index contributed by atoms with van der Waals surface area (Å²) in [6.45, 7) is 1.80. The molecule has 0 aliphatic heterocycles. The number of benzene rings is 1. The van der Waals surface area contributed by atoms with Crippen LogP contribution in [-0.2, 0) is 0 Å². The Morgan fingerprint density at radius 1 is 1.62 bits per heavy atom. The molecule has 0 saturated heterocycles. The van der Waals surface area contributed by atoms with Gasteiger partial charge in [-0.2, -0.15) is 0 Å². The number of hydrogen-bond donors (Lipinski definition) is 1. The van der Waals surface area contributed by atoms with E-state index in [4.69, 9.17) is 11.6 Å². The lowest BCUT2D eigenvalue weighted by atomic mass is 10.2. The van der Waals surface area contributed by atoms with E-state index in [0.717, 1.165) is 10.0 Å². The summed E-state index contributed by atoms with van der Waals surface area (Å²) in [5, 5.41) is 6.25. The fraction of sp³-hybridized carbons (Fsp3) is 0.250. The second-order valence-electron chi connectivity index (χ2n) is 2.53. The lowest BCUT2D eigenvalue weighted by molar-refractivity contribution is 1.34. The van der Waals surface area contributed by atoms with Crippen molar-refractivity contribution in [3.8, 4) is 0 Å². The molecule has 0 unspecified atom stereocenters. The van der Waals surface area contributed by atoms with Gasteiger partial charge in [-0.25, -0.2) is 0 Å². The molecule has 13 heavy (non-hydrogen) atoms. The van der Waals surface area contributed by atoms with Gasteiger partial charge in [-0.05, 0) is 23.7 Å². The predicted octanol–water partition coefficient (Wildman–Crippen LogP) is 3.85. The third kappa shape index (κ3) is 1.84. The molecule has 0 saturated carbocycles. The van der Waals surface area contributed by atoms with E-state index in [1.54, 1.807) is 20.0 Å². The molecule has 0 aromatic heterocycles. The molecule has 0 aliphatic rings. The smallest absolute Gasteiger partial charge is 0.136 e. The molecule has 5 heteroatoms. The molecule has 3 nitrogen and oxygen atoms in total. The van der Waals surface area contributed by atoms with E-state index >= 15 is 0 Å². The van der Waals surface area contributed by atoms with Crippen LogP contribution in [0.25, 0.3) is 0 Å². The van der Waals surface area contributed by atoms with Gasteiger partial charge in [0.25, 0.3) is 0 Å². The minimum absolute atomic E-state index is 0.349. The normalized spacial score (nSPS) is 9.85. The van der Waals surface area contributed by atoms with E-state index in [2.05, 4.69) is 26.4 Å². The Balaban J connectivity index is 3.50. The molecular weight excluding hydrogens is 255 g/mol. The van der Waals surface area contributed by atoms with Crippen LogP contribution in [0.4, 0.5) is 11.4 Å².